The molecule has 21 heavy (non-hydrogen) atoms. The summed E-state index contributed by atoms with van der Waals surface area (Å²) in [6.45, 7) is 1.96. The van der Waals surface area contributed by atoms with E-state index in [1.165, 1.54) is 44.1 Å². The summed E-state index contributed by atoms with van der Waals surface area (Å²) in [6.07, 6.45) is 8.02. The number of hydrogen-bond donors (Lipinski definition) is 1. The Morgan fingerprint density at radius 3 is 2.67 bits per heavy atom. The standard InChI is InChI=1S/C18H25N3/c1-21(13-14-4-2-3-5-14)18-9-6-15(10-16(18)11-19)12-20-17-7-8-17/h6,9-10,14,17,20H,2-5,7-8,12-13H2,1H3. The predicted molar refractivity (Wildman–Crippen MR) is 86.2 cm³/mol. The molecule has 0 unspecified atom stereocenters. The van der Waals surface area contributed by atoms with Gasteiger partial charge in [0.1, 0.15) is 6.07 Å². The van der Waals surface area contributed by atoms with Crippen molar-refractivity contribution in [1.29, 1.82) is 5.26 Å². The summed E-state index contributed by atoms with van der Waals surface area (Å²) in [4.78, 5) is 2.27. The van der Waals surface area contributed by atoms with Crippen LogP contribution in [0, 0.1) is 17.2 Å². The number of nitrogens with one attached hydrogen (secondary N) is 1. The highest BCUT2D eigenvalue weighted by molar-refractivity contribution is 5.60. The van der Waals surface area contributed by atoms with E-state index in [9.17, 15) is 5.26 Å². The minimum absolute atomic E-state index is 0.709. The summed E-state index contributed by atoms with van der Waals surface area (Å²) in [5, 5.41) is 13.0. The molecule has 0 spiro atoms. The molecular weight excluding hydrogens is 258 g/mol. The third-order valence-corrected chi connectivity index (χ3v) is 4.77. The fraction of sp³-hybridized carbons (Fsp3) is 0.611. The Morgan fingerprint density at radius 2 is 2.00 bits per heavy atom. The van der Waals surface area contributed by atoms with Crippen LogP contribution in [0.15, 0.2) is 18.2 Å². The predicted octanol–water partition coefficient (Wildman–Crippen LogP) is 3.44. The van der Waals surface area contributed by atoms with Crippen molar-refractivity contribution < 1.29 is 0 Å². The summed E-state index contributed by atoms with van der Waals surface area (Å²) in [6, 6.07) is 9.42. The van der Waals surface area contributed by atoms with Crippen LogP contribution < -0.4 is 10.2 Å². The van der Waals surface area contributed by atoms with Crippen LogP contribution in [0.5, 0.6) is 0 Å². The van der Waals surface area contributed by atoms with Crippen molar-refractivity contribution in [2.75, 3.05) is 18.5 Å². The van der Waals surface area contributed by atoms with Crippen LogP contribution in [0.1, 0.15) is 49.7 Å². The van der Waals surface area contributed by atoms with Gasteiger partial charge in [-0.3, -0.25) is 0 Å². The lowest BCUT2D eigenvalue weighted by Crippen LogP contribution is -2.25. The third-order valence-electron chi connectivity index (χ3n) is 4.77. The smallest absolute Gasteiger partial charge is 0.101 e. The van der Waals surface area contributed by atoms with E-state index in [1.807, 2.05) is 0 Å². The molecule has 0 saturated heterocycles. The summed E-state index contributed by atoms with van der Waals surface area (Å²) >= 11 is 0. The first kappa shape index (κ1) is 14.4. The molecule has 1 aromatic carbocycles. The van der Waals surface area contributed by atoms with Crippen molar-refractivity contribution in [3.8, 4) is 6.07 Å². The maximum atomic E-state index is 9.45. The lowest BCUT2D eigenvalue weighted by molar-refractivity contribution is 0.547. The van der Waals surface area contributed by atoms with Gasteiger partial charge in [-0.2, -0.15) is 5.26 Å². The minimum Gasteiger partial charge on any atom is -0.373 e. The second kappa shape index (κ2) is 6.49. The monoisotopic (exact) mass is 283 g/mol. The molecular formula is C18H25N3. The van der Waals surface area contributed by atoms with Gasteiger partial charge >= 0.3 is 0 Å². The topological polar surface area (TPSA) is 39.1 Å². The molecule has 0 atom stereocenters. The quantitative estimate of drug-likeness (QED) is 0.869. The number of benzene rings is 1. The van der Waals surface area contributed by atoms with Gasteiger partial charge in [-0.1, -0.05) is 18.9 Å². The zero-order chi connectivity index (χ0) is 14.7. The highest BCUT2D eigenvalue weighted by atomic mass is 15.1. The van der Waals surface area contributed by atoms with Crippen LogP contribution in [0.3, 0.4) is 0 Å². The van der Waals surface area contributed by atoms with E-state index < -0.39 is 0 Å². The van der Waals surface area contributed by atoms with Gasteiger partial charge in [-0.15, -0.1) is 0 Å². The lowest BCUT2D eigenvalue weighted by Gasteiger charge is -2.24. The number of anilines is 1. The minimum atomic E-state index is 0.709. The molecule has 2 aliphatic carbocycles. The van der Waals surface area contributed by atoms with Gasteiger partial charge in [0.25, 0.3) is 0 Å². The van der Waals surface area contributed by atoms with Gasteiger partial charge in [0, 0.05) is 26.2 Å². The van der Waals surface area contributed by atoms with E-state index in [0.717, 1.165) is 30.3 Å². The summed E-state index contributed by atoms with van der Waals surface area (Å²) in [7, 11) is 2.12. The van der Waals surface area contributed by atoms with Crippen LogP contribution in [0.25, 0.3) is 0 Å². The van der Waals surface area contributed by atoms with Gasteiger partial charge in [0.05, 0.1) is 11.3 Å². The summed E-state index contributed by atoms with van der Waals surface area (Å²) < 4.78 is 0. The van der Waals surface area contributed by atoms with Gasteiger partial charge in [-0.25, -0.2) is 0 Å². The van der Waals surface area contributed by atoms with E-state index in [1.54, 1.807) is 0 Å². The first-order chi connectivity index (χ1) is 10.3. The largest absolute Gasteiger partial charge is 0.373 e. The molecule has 2 saturated carbocycles. The molecule has 0 aromatic heterocycles. The van der Waals surface area contributed by atoms with E-state index in [-0.39, 0.29) is 0 Å². The second-order valence-corrected chi connectivity index (χ2v) is 6.65. The Kier molecular flexibility index (Phi) is 4.45. The normalized spacial score (nSPS) is 18.7. The van der Waals surface area contributed by atoms with Gasteiger partial charge < -0.3 is 10.2 Å². The zero-order valence-corrected chi connectivity index (χ0v) is 12.9. The van der Waals surface area contributed by atoms with Crippen LogP contribution in [0.2, 0.25) is 0 Å². The van der Waals surface area contributed by atoms with Crippen LogP contribution >= 0.6 is 0 Å². The van der Waals surface area contributed by atoms with E-state index in [0.29, 0.717) is 6.04 Å². The van der Waals surface area contributed by atoms with Crippen molar-refractivity contribution in [3.05, 3.63) is 29.3 Å². The highest BCUT2D eigenvalue weighted by Gasteiger charge is 2.21. The Balaban J connectivity index is 1.66. The maximum absolute atomic E-state index is 9.45. The number of nitriles is 1. The molecule has 0 heterocycles. The summed E-state index contributed by atoms with van der Waals surface area (Å²) in [5.41, 5.74) is 3.11. The van der Waals surface area contributed by atoms with Gasteiger partial charge in [0.15, 0.2) is 0 Å². The van der Waals surface area contributed by atoms with E-state index >= 15 is 0 Å². The molecule has 3 heteroatoms. The molecule has 2 aliphatic rings. The number of rotatable bonds is 6. The average Bonchev–Trinajstić information content (AvgIpc) is 3.20. The van der Waals surface area contributed by atoms with E-state index in [4.69, 9.17) is 0 Å². The van der Waals surface area contributed by atoms with Gasteiger partial charge in [-0.05, 0) is 49.3 Å². The average molecular weight is 283 g/mol. The molecule has 3 rings (SSSR count). The second-order valence-electron chi connectivity index (χ2n) is 6.65. The van der Waals surface area contributed by atoms with Crippen molar-refractivity contribution in [1.82, 2.24) is 5.32 Å². The lowest BCUT2D eigenvalue weighted by atomic mass is 10.1. The van der Waals surface area contributed by atoms with Crippen molar-refractivity contribution >= 4 is 5.69 Å². The van der Waals surface area contributed by atoms with Crippen LogP contribution in [-0.4, -0.2) is 19.6 Å². The first-order valence-corrected chi connectivity index (χ1v) is 8.24. The maximum Gasteiger partial charge on any atom is 0.101 e. The summed E-state index contributed by atoms with van der Waals surface area (Å²) in [5.74, 6) is 0.803. The molecule has 0 amide bonds. The Hall–Kier alpha value is -1.53. The zero-order valence-electron chi connectivity index (χ0n) is 12.9. The Bertz CT molecular complexity index is 522. The first-order valence-electron chi connectivity index (χ1n) is 8.24. The van der Waals surface area contributed by atoms with Crippen molar-refractivity contribution in [2.45, 2.75) is 51.1 Å². The fourth-order valence-corrected chi connectivity index (χ4v) is 3.34. The van der Waals surface area contributed by atoms with Crippen molar-refractivity contribution in [2.24, 2.45) is 5.92 Å². The van der Waals surface area contributed by atoms with Gasteiger partial charge in [0.2, 0.25) is 0 Å². The number of hydrogen-bond acceptors (Lipinski definition) is 3. The van der Waals surface area contributed by atoms with Crippen LogP contribution in [-0.2, 0) is 6.54 Å². The SMILES string of the molecule is CN(CC1CCCC1)c1ccc(CNC2CC2)cc1C#N. The molecule has 112 valence electrons. The molecule has 1 aromatic rings. The fourth-order valence-electron chi connectivity index (χ4n) is 3.34. The molecule has 2 fully saturated rings. The third kappa shape index (κ3) is 3.77. The molecule has 3 nitrogen and oxygen atoms in total. The Morgan fingerprint density at radius 1 is 1.24 bits per heavy atom. The highest BCUT2D eigenvalue weighted by Crippen LogP contribution is 2.28. The molecule has 0 aliphatic heterocycles. The van der Waals surface area contributed by atoms with Crippen LogP contribution in [0.4, 0.5) is 5.69 Å². The molecule has 0 bridgehead atoms. The van der Waals surface area contributed by atoms with Crippen molar-refractivity contribution in [3.63, 3.8) is 0 Å². The molecule has 0 radical (unpaired) electrons. The number of nitrogens with zero attached hydrogens (tertiary/aromatic N) is 2. The molecule has 1 N–H and O–H groups in total. The van der Waals surface area contributed by atoms with E-state index in [2.05, 4.69) is 41.5 Å². The Labute approximate surface area is 128 Å².